The molecule has 1 aliphatic heterocycles. The second-order valence-corrected chi connectivity index (χ2v) is 7.55. The maximum atomic E-state index is 12.4. The third-order valence-electron chi connectivity index (χ3n) is 4.64. The van der Waals surface area contributed by atoms with Crippen LogP contribution in [0.4, 0.5) is 0 Å². The summed E-state index contributed by atoms with van der Waals surface area (Å²) in [5, 5.41) is 4.05. The third-order valence-corrected chi connectivity index (χ3v) is 5.76. The van der Waals surface area contributed by atoms with Gasteiger partial charge >= 0.3 is 0 Å². The number of nitrogens with zero attached hydrogens (tertiary/aromatic N) is 2. The van der Waals surface area contributed by atoms with E-state index >= 15 is 0 Å². The van der Waals surface area contributed by atoms with Gasteiger partial charge < -0.3 is 10.2 Å². The van der Waals surface area contributed by atoms with E-state index in [1.165, 1.54) is 11.3 Å². The number of aromatic nitrogens is 1. The van der Waals surface area contributed by atoms with Crippen LogP contribution in [0.25, 0.3) is 10.1 Å². The van der Waals surface area contributed by atoms with Crippen molar-refractivity contribution in [2.75, 3.05) is 6.54 Å². The summed E-state index contributed by atoms with van der Waals surface area (Å²) < 4.78 is 1.11. The molecule has 0 radical (unpaired) electrons. The van der Waals surface area contributed by atoms with E-state index in [1.807, 2.05) is 47.5 Å². The zero-order valence-electron chi connectivity index (χ0n) is 14.5. The van der Waals surface area contributed by atoms with Gasteiger partial charge in [-0.3, -0.25) is 14.6 Å². The van der Waals surface area contributed by atoms with Crippen molar-refractivity contribution in [1.82, 2.24) is 15.2 Å². The third kappa shape index (κ3) is 3.32. The Morgan fingerprint density at radius 1 is 1.27 bits per heavy atom. The molecule has 1 N–H and O–H groups in total. The van der Waals surface area contributed by atoms with Crippen LogP contribution in [0, 0.1) is 0 Å². The Morgan fingerprint density at radius 2 is 2.12 bits per heavy atom. The molecule has 5 nitrogen and oxygen atoms in total. The number of hydrogen-bond donors (Lipinski definition) is 1. The summed E-state index contributed by atoms with van der Waals surface area (Å²) in [6.07, 6.45) is 2.59. The number of pyridine rings is 1. The Bertz CT molecular complexity index is 963. The van der Waals surface area contributed by atoms with Crippen LogP contribution in [-0.2, 0) is 24.3 Å². The van der Waals surface area contributed by atoms with E-state index in [2.05, 4.69) is 10.3 Å². The minimum absolute atomic E-state index is 0.0747. The summed E-state index contributed by atoms with van der Waals surface area (Å²) in [7, 11) is 0. The number of amides is 2. The Kier molecular flexibility index (Phi) is 4.42. The lowest BCUT2D eigenvalue weighted by molar-refractivity contribution is -0.129. The average Bonchev–Trinajstić information content (AvgIpc) is 3.09. The first-order valence-electron chi connectivity index (χ1n) is 8.59. The average molecular weight is 365 g/mol. The monoisotopic (exact) mass is 365 g/mol. The van der Waals surface area contributed by atoms with Crippen LogP contribution in [0.15, 0.2) is 42.6 Å². The van der Waals surface area contributed by atoms with E-state index in [-0.39, 0.29) is 11.8 Å². The maximum absolute atomic E-state index is 12.4. The lowest BCUT2D eigenvalue weighted by Crippen LogP contribution is -2.34. The van der Waals surface area contributed by atoms with Gasteiger partial charge in [-0.25, -0.2) is 0 Å². The van der Waals surface area contributed by atoms with E-state index in [0.29, 0.717) is 18.0 Å². The first-order valence-corrected chi connectivity index (χ1v) is 9.41. The highest BCUT2D eigenvalue weighted by Gasteiger charge is 2.19. The Morgan fingerprint density at radius 3 is 2.92 bits per heavy atom. The minimum Gasteiger partial charge on any atom is -0.347 e. The predicted octanol–water partition coefficient (Wildman–Crippen LogP) is 3.13. The van der Waals surface area contributed by atoms with E-state index in [1.54, 1.807) is 6.92 Å². The second kappa shape index (κ2) is 6.88. The zero-order valence-corrected chi connectivity index (χ0v) is 15.3. The molecular weight excluding hydrogens is 346 g/mol. The summed E-state index contributed by atoms with van der Waals surface area (Å²) in [6, 6.07) is 11.9. The van der Waals surface area contributed by atoms with Crippen LogP contribution in [0.5, 0.6) is 0 Å². The van der Waals surface area contributed by atoms with E-state index in [0.717, 1.165) is 39.9 Å². The molecule has 0 bridgehead atoms. The van der Waals surface area contributed by atoms with Gasteiger partial charge in [-0.2, -0.15) is 0 Å². The number of hydrogen-bond acceptors (Lipinski definition) is 4. The van der Waals surface area contributed by atoms with Crippen molar-refractivity contribution < 1.29 is 9.59 Å². The molecule has 132 valence electrons. The fraction of sp³-hybridized carbons (Fsp3) is 0.250. The molecule has 0 aliphatic carbocycles. The molecule has 0 spiro atoms. The molecule has 1 aromatic carbocycles. The van der Waals surface area contributed by atoms with Crippen molar-refractivity contribution in [2.45, 2.75) is 26.4 Å². The molecule has 2 amide bonds. The van der Waals surface area contributed by atoms with Gasteiger partial charge in [0.15, 0.2) is 0 Å². The summed E-state index contributed by atoms with van der Waals surface area (Å²) >= 11 is 1.50. The van der Waals surface area contributed by atoms with Crippen LogP contribution in [0.2, 0.25) is 0 Å². The number of thiophene rings is 1. The molecular formula is C20H19N3O2S. The van der Waals surface area contributed by atoms with E-state index in [4.69, 9.17) is 0 Å². The number of fused-ring (bicyclic) bond motifs is 2. The number of benzene rings is 1. The molecule has 4 rings (SSSR count). The summed E-state index contributed by atoms with van der Waals surface area (Å²) in [6.45, 7) is 3.33. The number of nitrogens with one attached hydrogen (secondary N) is 1. The standard InChI is InChI=1S/C20H19N3O2S/c1-13(24)23-7-6-17-16(12-23)8-14(10-21-17)11-22-20(25)19-9-15-4-2-3-5-18(15)26-19/h2-5,8-10H,6-7,11-12H2,1H3,(H,22,25). The number of carbonyl (C=O) groups is 2. The van der Waals surface area contributed by atoms with Crippen LogP contribution in [0.1, 0.15) is 33.4 Å². The fourth-order valence-electron chi connectivity index (χ4n) is 3.20. The van der Waals surface area contributed by atoms with Gasteiger partial charge in [0.25, 0.3) is 5.91 Å². The molecule has 26 heavy (non-hydrogen) atoms. The molecule has 3 heterocycles. The zero-order chi connectivity index (χ0) is 18.1. The van der Waals surface area contributed by atoms with Gasteiger partial charge in [-0.15, -0.1) is 11.3 Å². The SMILES string of the molecule is CC(=O)N1CCc2ncc(CNC(=O)c3cc4ccccc4s3)cc2C1. The highest BCUT2D eigenvalue weighted by molar-refractivity contribution is 7.20. The van der Waals surface area contributed by atoms with E-state index in [9.17, 15) is 9.59 Å². The second-order valence-electron chi connectivity index (χ2n) is 6.47. The van der Waals surface area contributed by atoms with Gasteiger partial charge in [-0.1, -0.05) is 18.2 Å². The minimum atomic E-state index is -0.0747. The topological polar surface area (TPSA) is 62.3 Å². The van der Waals surface area contributed by atoms with E-state index < -0.39 is 0 Å². The quantitative estimate of drug-likeness (QED) is 0.776. The molecule has 0 fully saturated rings. The van der Waals surface area contributed by atoms with Crippen molar-refractivity contribution in [3.63, 3.8) is 0 Å². The normalized spacial score (nSPS) is 13.5. The first kappa shape index (κ1) is 16.7. The van der Waals surface area contributed by atoms with Crippen LogP contribution in [-0.4, -0.2) is 28.2 Å². The molecule has 0 saturated heterocycles. The predicted molar refractivity (Wildman–Crippen MR) is 102 cm³/mol. The number of carbonyl (C=O) groups excluding carboxylic acids is 2. The largest absolute Gasteiger partial charge is 0.347 e. The highest BCUT2D eigenvalue weighted by Crippen LogP contribution is 2.25. The molecule has 3 aromatic rings. The van der Waals surface area contributed by atoms with Crippen LogP contribution >= 0.6 is 11.3 Å². The Hall–Kier alpha value is -2.73. The molecule has 0 atom stereocenters. The van der Waals surface area contributed by atoms with Crippen molar-refractivity contribution in [1.29, 1.82) is 0 Å². The maximum Gasteiger partial charge on any atom is 0.261 e. The van der Waals surface area contributed by atoms with Gasteiger partial charge in [-0.05, 0) is 34.7 Å². The van der Waals surface area contributed by atoms with Gasteiger partial charge in [0.2, 0.25) is 5.91 Å². The molecule has 0 saturated carbocycles. The fourth-order valence-corrected chi connectivity index (χ4v) is 4.18. The van der Waals surface area contributed by atoms with Crippen molar-refractivity contribution >= 4 is 33.2 Å². The highest BCUT2D eigenvalue weighted by atomic mass is 32.1. The smallest absolute Gasteiger partial charge is 0.261 e. The lowest BCUT2D eigenvalue weighted by Gasteiger charge is -2.27. The summed E-state index contributed by atoms with van der Waals surface area (Å²) in [5.41, 5.74) is 3.06. The van der Waals surface area contributed by atoms with Gasteiger partial charge in [0.05, 0.1) is 4.88 Å². The first-order chi connectivity index (χ1) is 12.6. The molecule has 1 aliphatic rings. The van der Waals surface area contributed by atoms with Gasteiger partial charge in [0.1, 0.15) is 0 Å². The van der Waals surface area contributed by atoms with Crippen molar-refractivity contribution in [3.05, 3.63) is 64.3 Å². The number of rotatable bonds is 3. The van der Waals surface area contributed by atoms with Crippen LogP contribution < -0.4 is 5.32 Å². The molecule has 2 aromatic heterocycles. The Labute approximate surface area is 155 Å². The van der Waals surface area contributed by atoms with Gasteiger partial charge in [0, 0.05) is 49.6 Å². The molecule has 0 unspecified atom stereocenters. The van der Waals surface area contributed by atoms with Crippen molar-refractivity contribution in [2.24, 2.45) is 0 Å². The molecule has 6 heteroatoms. The van der Waals surface area contributed by atoms with Crippen LogP contribution in [0.3, 0.4) is 0 Å². The summed E-state index contributed by atoms with van der Waals surface area (Å²) in [5.74, 6) is 0.00778. The summed E-state index contributed by atoms with van der Waals surface area (Å²) in [4.78, 5) is 31.1. The van der Waals surface area contributed by atoms with Crippen molar-refractivity contribution in [3.8, 4) is 0 Å². The Balaban J connectivity index is 1.45. The lowest BCUT2D eigenvalue weighted by atomic mass is 10.0.